The van der Waals surface area contributed by atoms with E-state index >= 15 is 0 Å². The van der Waals surface area contributed by atoms with Crippen LogP contribution in [0.4, 0.5) is 0 Å². The average Bonchev–Trinajstić information content (AvgIpc) is 2.62. The molecule has 0 aliphatic carbocycles. The maximum Gasteiger partial charge on any atom is 0.244 e. The Labute approximate surface area is 155 Å². The first-order valence-corrected chi connectivity index (χ1v) is 9.64. The van der Waals surface area contributed by atoms with Crippen molar-refractivity contribution in [1.82, 2.24) is 4.31 Å². The average molecular weight is 374 g/mol. The number of benzene rings is 2. The highest BCUT2D eigenvalue weighted by molar-refractivity contribution is 7.89. The molecule has 25 heavy (non-hydrogen) atoms. The molecule has 2 aromatic carbocycles. The lowest BCUT2D eigenvalue weighted by molar-refractivity contribution is 0.392. The minimum absolute atomic E-state index is 0.00320. The number of sulfonamides is 1. The largest absolute Gasteiger partial charge is 0.244 e. The third-order valence-electron chi connectivity index (χ3n) is 3.86. The summed E-state index contributed by atoms with van der Waals surface area (Å²) in [4.78, 5) is 0.231. The predicted molar refractivity (Wildman–Crippen MR) is 103 cm³/mol. The normalized spacial score (nSPS) is 12.3. The lowest BCUT2D eigenvalue weighted by Gasteiger charge is -2.27. The van der Waals surface area contributed by atoms with Crippen molar-refractivity contribution >= 4 is 21.6 Å². The molecule has 0 amide bonds. The van der Waals surface area contributed by atoms with Gasteiger partial charge in [-0.1, -0.05) is 60.0 Å². The summed E-state index contributed by atoms with van der Waals surface area (Å²) in [5.41, 5.74) is 2.02. The molecule has 0 aromatic heterocycles. The summed E-state index contributed by atoms with van der Waals surface area (Å²) in [5, 5.41) is 2.26. The molecule has 1 unspecified atom stereocenters. The van der Waals surface area contributed by atoms with Crippen molar-refractivity contribution in [2.24, 2.45) is 0 Å². The van der Waals surface area contributed by atoms with Crippen LogP contribution in [-0.4, -0.2) is 25.3 Å². The zero-order chi connectivity index (χ0) is 18.3. The molecule has 0 saturated carbocycles. The predicted octanol–water partition coefficient (Wildman–Crippen LogP) is 3.98. The lowest BCUT2D eigenvalue weighted by Crippen LogP contribution is -2.40. The van der Waals surface area contributed by atoms with Gasteiger partial charge < -0.3 is 0 Å². The van der Waals surface area contributed by atoms with Gasteiger partial charge in [0.15, 0.2) is 0 Å². The summed E-state index contributed by atoms with van der Waals surface area (Å²) < 4.78 is 27.6. The summed E-state index contributed by atoms with van der Waals surface area (Å²) in [7, 11) is -3.72. The second-order valence-electron chi connectivity index (χ2n) is 5.63. The van der Waals surface area contributed by atoms with E-state index < -0.39 is 16.1 Å². The van der Waals surface area contributed by atoms with Gasteiger partial charge in [0.1, 0.15) is 0 Å². The van der Waals surface area contributed by atoms with Crippen LogP contribution in [0.25, 0.3) is 0 Å². The second kappa shape index (κ2) is 8.87. The standard InChI is InChI=1S/C20H20ClNO2S/c1-3-19(16-18-8-5-4-6-9-18)22(15-7-14-21)25(23,24)20-12-10-17(2)11-13-20/h3-6,8-13,19H,1,15-16H2,2H3. The third-order valence-corrected chi connectivity index (χ3v) is 5.88. The summed E-state index contributed by atoms with van der Waals surface area (Å²) in [6.45, 7) is 5.74. The molecule has 0 spiro atoms. The first kappa shape index (κ1) is 19.3. The summed E-state index contributed by atoms with van der Waals surface area (Å²) in [5.74, 6) is 2.65. The Morgan fingerprint density at radius 3 is 2.36 bits per heavy atom. The van der Waals surface area contributed by atoms with Gasteiger partial charge in [-0.2, -0.15) is 4.31 Å². The van der Waals surface area contributed by atoms with Crippen LogP contribution >= 0.6 is 11.6 Å². The quantitative estimate of drug-likeness (QED) is 0.543. The zero-order valence-corrected chi connectivity index (χ0v) is 15.6. The number of hydrogen-bond donors (Lipinski definition) is 0. The van der Waals surface area contributed by atoms with Gasteiger partial charge in [-0.25, -0.2) is 8.42 Å². The van der Waals surface area contributed by atoms with Crippen molar-refractivity contribution in [2.75, 3.05) is 6.54 Å². The number of halogens is 1. The fourth-order valence-electron chi connectivity index (χ4n) is 2.49. The third kappa shape index (κ3) is 4.96. The van der Waals surface area contributed by atoms with E-state index in [1.54, 1.807) is 30.3 Å². The van der Waals surface area contributed by atoms with Gasteiger partial charge in [0, 0.05) is 11.4 Å². The highest BCUT2D eigenvalue weighted by atomic mass is 35.5. The van der Waals surface area contributed by atoms with Gasteiger partial charge >= 0.3 is 0 Å². The topological polar surface area (TPSA) is 37.4 Å². The molecule has 0 radical (unpaired) electrons. The first-order valence-electron chi connectivity index (χ1n) is 7.82. The Bertz CT molecular complexity index is 865. The molecule has 130 valence electrons. The van der Waals surface area contributed by atoms with E-state index in [9.17, 15) is 8.42 Å². The second-order valence-corrected chi connectivity index (χ2v) is 7.71. The fourth-order valence-corrected chi connectivity index (χ4v) is 4.05. The number of rotatable bonds is 7. The molecule has 3 nitrogen and oxygen atoms in total. The molecule has 5 heteroatoms. The number of aryl methyl sites for hydroxylation is 1. The molecule has 0 saturated heterocycles. The molecule has 2 rings (SSSR count). The van der Waals surface area contributed by atoms with Crippen LogP contribution < -0.4 is 0 Å². The van der Waals surface area contributed by atoms with Crippen LogP contribution in [0.3, 0.4) is 0 Å². The maximum atomic E-state index is 13.1. The van der Waals surface area contributed by atoms with Crippen molar-refractivity contribution in [1.29, 1.82) is 0 Å². The van der Waals surface area contributed by atoms with Crippen molar-refractivity contribution < 1.29 is 8.42 Å². The molecule has 0 N–H and O–H groups in total. The highest BCUT2D eigenvalue weighted by Crippen LogP contribution is 2.21. The van der Waals surface area contributed by atoms with Crippen molar-refractivity contribution in [3.63, 3.8) is 0 Å². The van der Waals surface area contributed by atoms with E-state index in [0.29, 0.717) is 6.42 Å². The van der Waals surface area contributed by atoms with Crippen LogP contribution in [0.15, 0.2) is 72.1 Å². The number of hydrogen-bond acceptors (Lipinski definition) is 2. The molecule has 0 heterocycles. The van der Waals surface area contributed by atoms with Crippen LogP contribution in [0.5, 0.6) is 0 Å². The van der Waals surface area contributed by atoms with Crippen molar-refractivity contribution in [3.05, 3.63) is 78.4 Å². The van der Waals surface area contributed by atoms with E-state index in [1.807, 2.05) is 37.3 Å². The molecule has 0 fully saturated rings. The van der Waals surface area contributed by atoms with E-state index in [4.69, 9.17) is 11.6 Å². The van der Waals surface area contributed by atoms with Crippen molar-refractivity contribution in [3.8, 4) is 11.3 Å². The summed E-state index contributed by atoms with van der Waals surface area (Å²) in [6, 6.07) is 16.0. The molecule has 0 aliphatic heterocycles. The van der Waals surface area contributed by atoms with Gasteiger partial charge in [-0.05, 0) is 42.6 Å². The smallest absolute Gasteiger partial charge is 0.207 e. The van der Waals surface area contributed by atoms with Crippen LogP contribution in [0.2, 0.25) is 0 Å². The monoisotopic (exact) mass is 373 g/mol. The minimum atomic E-state index is -3.72. The Morgan fingerprint density at radius 2 is 1.80 bits per heavy atom. The number of nitrogens with zero attached hydrogens (tertiary/aromatic N) is 1. The van der Waals surface area contributed by atoms with Crippen molar-refractivity contribution in [2.45, 2.75) is 24.3 Å². The molecule has 0 bridgehead atoms. The molecule has 2 aromatic rings. The maximum absolute atomic E-state index is 13.1. The molecule has 1 atom stereocenters. The van der Waals surface area contributed by atoms with E-state index in [0.717, 1.165) is 11.1 Å². The Hall–Kier alpha value is -2.06. The van der Waals surface area contributed by atoms with E-state index in [2.05, 4.69) is 17.9 Å². The van der Waals surface area contributed by atoms with Gasteiger partial charge in [-0.15, -0.1) is 6.58 Å². The highest BCUT2D eigenvalue weighted by Gasteiger charge is 2.29. The van der Waals surface area contributed by atoms with Gasteiger partial charge in [0.2, 0.25) is 10.0 Å². The van der Waals surface area contributed by atoms with Crippen LogP contribution in [-0.2, 0) is 16.4 Å². The SMILES string of the molecule is C=CC(Cc1ccccc1)N(CC#CCl)S(=O)(=O)c1ccc(C)cc1. The Kier molecular flexibility index (Phi) is 6.83. The Morgan fingerprint density at radius 1 is 1.16 bits per heavy atom. The van der Waals surface area contributed by atoms with Gasteiger partial charge in [-0.3, -0.25) is 0 Å². The van der Waals surface area contributed by atoms with Crippen LogP contribution in [0.1, 0.15) is 11.1 Å². The zero-order valence-electron chi connectivity index (χ0n) is 14.0. The summed E-state index contributed by atoms with van der Waals surface area (Å²) >= 11 is 5.46. The molecule has 0 aliphatic rings. The lowest BCUT2D eigenvalue weighted by atomic mass is 10.1. The first-order chi connectivity index (χ1) is 12.0. The van der Waals surface area contributed by atoms with E-state index in [-0.39, 0.29) is 11.4 Å². The molecular formula is C20H20ClNO2S. The van der Waals surface area contributed by atoms with Crippen LogP contribution in [0, 0.1) is 18.2 Å². The summed E-state index contributed by atoms with van der Waals surface area (Å²) in [6.07, 6.45) is 2.15. The fraction of sp³-hybridized carbons (Fsp3) is 0.200. The van der Waals surface area contributed by atoms with E-state index in [1.165, 1.54) is 4.31 Å². The molecular weight excluding hydrogens is 354 g/mol. The Balaban J connectivity index is 2.40. The minimum Gasteiger partial charge on any atom is -0.207 e. The van der Waals surface area contributed by atoms with Gasteiger partial charge in [0.25, 0.3) is 0 Å². The van der Waals surface area contributed by atoms with Gasteiger partial charge in [0.05, 0.1) is 11.4 Å².